The Morgan fingerprint density at radius 2 is 1.57 bits per heavy atom. The summed E-state index contributed by atoms with van der Waals surface area (Å²) in [6.45, 7) is 20.6. The van der Waals surface area contributed by atoms with E-state index in [4.69, 9.17) is 4.74 Å². The molecule has 1 aromatic rings. The van der Waals surface area contributed by atoms with Crippen molar-refractivity contribution in [1.29, 1.82) is 0 Å². The van der Waals surface area contributed by atoms with Gasteiger partial charge in [-0.25, -0.2) is 4.98 Å². The molecule has 2 heterocycles. The number of carboxylic acids is 1. The molecule has 1 aliphatic heterocycles. The first-order valence-electron chi connectivity index (χ1n) is 23.3. The van der Waals surface area contributed by atoms with E-state index in [0.717, 1.165) is 69.8 Å². The Labute approximate surface area is 338 Å². The maximum atomic E-state index is 15.1. The highest BCUT2D eigenvalue weighted by molar-refractivity contribution is 5.84. The van der Waals surface area contributed by atoms with Crippen LogP contribution in [-0.2, 0) is 25.7 Å². The second kappa shape index (κ2) is 14.7. The monoisotopic (exact) mass is 774 g/mol. The number of hydrogen-bond donors (Lipinski definition) is 1. The van der Waals surface area contributed by atoms with Crippen LogP contribution in [-0.4, -0.2) is 56.1 Å². The lowest BCUT2D eigenvalue weighted by Gasteiger charge is -2.71. The van der Waals surface area contributed by atoms with Crippen LogP contribution in [0.3, 0.4) is 0 Å². The third-order valence-electron chi connectivity index (χ3n) is 19.2. The number of ether oxygens (including phenoxy) is 1. The van der Waals surface area contributed by atoms with Crippen molar-refractivity contribution in [2.45, 2.75) is 183 Å². The SMILES string of the molecule is CC(C)c1nccn1CC1CCCN1C(=O)C12CCCC1C1CCC3C4(C)CCC(OC(=O)C5CC(C(=O)O)C5C)C(C)C4CCC3(C)[C@]1(C)CC2.CC1CC1. The van der Waals surface area contributed by atoms with E-state index in [9.17, 15) is 14.7 Å². The van der Waals surface area contributed by atoms with Crippen molar-refractivity contribution >= 4 is 17.8 Å². The fourth-order valence-corrected chi connectivity index (χ4v) is 15.3. The van der Waals surface area contributed by atoms with Crippen LogP contribution in [0.2, 0.25) is 0 Å². The Morgan fingerprint density at radius 3 is 2.25 bits per heavy atom. The number of rotatable bonds is 7. The summed E-state index contributed by atoms with van der Waals surface area (Å²) in [7, 11) is 0. The smallest absolute Gasteiger partial charge is 0.309 e. The standard InChI is InChI=1S/C44H67N3O5.C4H8/c1-26(2)37-45-21-23-46(37)25-29-10-9-22-47(29)40(51)44-16-8-11-34(44)33-12-13-36-41(5)17-15-35(52-39(50)31-24-30(27(31)3)38(48)49)28(4)32(41)14-18-43(36,7)42(33,6)19-20-44;1-4-2-3-4/h21,23,26-36H,8-20,22,24-25H2,1-7H3,(H,48,49);4H,2-3H2,1H3/t27?,28?,29?,30?,31?,32?,33?,34?,35?,36?,41?,42-,43?,44?;/m1./s1. The lowest BCUT2D eigenvalue weighted by Crippen LogP contribution is -2.66. The average Bonchev–Trinajstić information content (AvgIpc) is 3.51. The van der Waals surface area contributed by atoms with Gasteiger partial charge in [-0.05, 0) is 141 Å². The molecule has 0 radical (unpaired) electrons. The third kappa shape index (κ3) is 6.32. The van der Waals surface area contributed by atoms with Gasteiger partial charge in [-0.2, -0.15) is 0 Å². The van der Waals surface area contributed by atoms with Gasteiger partial charge < -0.3 is 19.3 Å². The number of esters is 1. The van der Waals surface area contributed by atoms with E-state index < -0.39 is 11.9 Å². The van der Waals surface area contributed by atoms with Crippen LogP contribution >= 0.6 is 0 Å². The minimum atomic E-state index is -0.794. The van der Waals surface area contributed by atoms with Crippen LogP contribution in [0.15, 0.2) is 12.4 Å². The number of aliphatic carboxylic acids is 1. The fourth-order valence-electron chi connectivity index (χ4n) is 15.3. The molecule has 1 aromatic heterocycles. The van der Waals surface area contributed by atoms with Crippen molar-refractivity contribution in [3.05, 3.63) is 18.2 Å². The van der Waals surface area contributed by atoms with Gasteiger partial charge >= 0.3 is 11.9 Å². The number of hydrogen-bond acceptors (Lipinski definition) is 5. The van der Waals surface area contributed by atoms with Gasteiger partial charge in [0, 0.05) is 37.4 Å². The van der Waals surface area contributed by atoms with Crippen molar-refractivity contribution in [3.8, 4) is 0 Å². The second-order valence-corrected chi connectivity index (χ2v) is 22.0. The van der Waals surface area contributed by atoms with Gasteiger partial charge in [0.25, 0.3) is 0 Å². The minimum Gasteiger partial charge on any atom is -0.481 e. The Morgan fingerprint density at radius 1 is 0.821 bits per heavy atom. The van der Waals surface area contributed by atoms with E-state index in [1.165, 1.54) is 51.4 Å². The predicted octanol–water partition coefficient (Wildman–Crippen LogP) is 10.1. The van der Waals surface area contributed by atoms with Crippen LogP contribution in [0.1, 0.15) is 170 Å². The van der Waals surface area contributed by atoms with Crippen LogP contribution in [0.4, 0.5) is 0 Å². The highest BCUT2D eigenvalue weighted by atomic mass is 16.5. The normalized spacial score (nSPS) is 45.3. The lowest BCUT2D eigenvalue weighted by atomic mass is 9.33. The van der Waals surface area contributed by atoms with Crippen LogP contribution in [0.25, 0.3) is 0 Å². The number of fused-ring (bicyclic) bond motifs is 7. The Bertz CT molecular complexity index is 1650. The molecule has 8 heteroatoms. The van der Waals surface area contributed by atoms with Gasteiger partial charge in [0.15, 0.2) is 0 Å². The molecule has 8 nitrogen and oxygen atoms in total. The first-order chi connectivity index (χ1) is 26.6. The molecule has 13 unspecified atom stereocenters. The largest absolute Gasteiger partial charge is 0.481 e. The molecular formula is C48H75N3O5. The topological polar surface area (TPSA) is 102 Å². The zero-order chi connectivity index (χ0) is 39.9. The summed E-state index contributed by atoms with van der Waals surface area (Å²) in [6.07, 6.45) is 22.1. The van der Waals surface area contributed by atoms with E-state index in [2.05, 4.69) is 69.1 Å². The minimum absolute atomic E-state index is 0.0714. The molecule has 9 rings (SSSR count). The number of carbonyl (C=O) groups excluding carboxylic acids is 2. The fraction of sp³-hybridized carbons (Fsp3) is 0.875. The summed E-state index contributed by atoms with van der Waals surface area (Å²) in [5.74, 6) is 3.82. The molecule has 8 fully saturated rings. The van der Waals surface area contributed by atoms with Crippen molar-refractivity contribution < 1.29 is 24.2 Å². The first-order valence-corrected chi connectivity index (χ1v) is 23.3. The lowest BCUT2D eigenvalue weighted by molar-refractivity contribution is -0.236. The van der Waals surface area contributed by atoms with Crippen molar-refractivity contribution in [2.75, 3.05) is 6.54 Å². The van der Waals surface area contributed by atoms with E-state index in [0.29, 0.717) is 47.8 Å². The number of nitrogens with zero attached hydrogens (tertiary/aromatic N) is 3. The number of amides is 1. The maximum absolute atomic E-state index is 15.1. The third-order valence-corrected chi connectivity index (χ3v) is 19.2. The zero-order valence-corrected chi connectivity index (χ0v) is 36.2. The molecule has 14 atom stereocenters. The average molecular weight is 774 g/mol. The van der Waals surface area contributed by atoms with Gasteiger partial charge in [0.2, 0.25) is 5.91 Å². The number of aromatic nitrogens is 2. The van der Waals surface area contributed by atoms with Crippen LogP contribution in [0, 0.1) is 74.9 Å². The second-order valence-electron chi connectivity index (χ2n) is 22.0. The predicted molar refractivity (Wildman–Crippen MR) is 218 cm³/mol. The summed E-state index contributed by atoms with van der Waals surface area (Å²) in [6, 6.07) is 0.266. The molecule has 7 saturated carbocycles. The molecule has 56 heavy (non-hydrogen) atoms. The molecule has 0 spiro atoms. The van der Waals surface area contributed by atoms with Gasteiger partial charge in [0.1, 0.15) is 11.9 Å². The highest BCUT2D eigenvalue weighted by Crippen LogP contribution is 2.76. The Kier molecular flexibility index (Phi) is 10.6. The Balaban J connectivity index is 0.00000104. The van der Waals surface area contributed by atoms with Gasteiger partial charge in [-0.1, -0.05) is 74.7 Å². The van der Waals surface area contributed by atoms with Gasteiger partial charge in [0.05, 0.1) is 17.3 Å². The summed E-state index contributed by atoms with van der Waals surface area (Å²) >= 11 is 0. The molecule has 7 aliphatic carbocycles. The van der Waals surface area contributed by atoms with E-state index >= 15 is 4.79 Å². The number of carbonyl (C=O) groups is 3. The maximum Gasteiger partial charge on any atom is 0.309 e. The summed E-state index contributed by atoms with van der Waals surface area (Å²) in [4.78, 5) is 46.8. The van der Waals surface area contributed by atoms with Crippen molar-refractivity contribution in [1.82, 2.24) is 14.5 Å². The van der Waals surface area contributed by atoms with Crippen molar-refractivity contribution in [3.63, 3.8) is 0 Å². The molecule has 1 amide bonds. The van der Waals surface area contributed by atoms with Crippen molar-refractivity contribution in [2.24, 2.45) is 74.9 Å². The zero-order valence-electron chi connectivity index (χ0n) is 36.2. The molecule has 0 bridgehead atoms. The first kappa shape index (κ1) is 40.4. The van der Waals surface area contributed by atoms with E-state index in [1.54, 1.807) is 0 Å². The quantitative estimate of drug-likeness (QED) is 0.277. The molecular weight excluding hydrogens is 699 g/mol. The number of imidazole rings is 1. The molecule has 1 N–H and O–H groups in total. The van der Waals surface area contributed by atoms with E-state index in [1.807, 2.05) is 13.1 Å². The molecule has 0 aromatic carbocycles. The van der Waals surface area contributed by atoms with Crippen LogP contribution in [0.5, 0.6) is 0 Å². The summed E-state index contributed by atoms with van der Waals surface area (Å²) in [5.41, 5.74) is 0.488. The molecule has 8 aliphatic rings. The number of carboxylic acid groups (broad SMARTS) is 1. The summed E-state index contributed by atoms with van der Waals surface area (Å²) in [5, 5.41) is 9.46. The van der Waals surface area contributed by atoms with Gasteiger partial charge in [-0.15, -0.1) is 0 Å². The summed E-state index contributed by atoms with van der Waals surface area (Å²) < 4.78 is 8.58. The number of likely N-dealkylation sites (tertiary alicyclic amines) is 1. The van der Waals surface area contributed by atoms with Gasteiger partial charge in [-0.3, -0.25) is 14.4 Å². The molecule has 312 valence electrons. The molecule has 1 saturated heterocycles. The Hall–Kier alpha value is -2.38. The highest BCUT2D eigenvalue weighted by Gasteiger charge is 2.70. The van der Waals surface area contributed by atoms with E-state index in [-0.39, 0.29) is 51.6 Å². The van der Waals surface area contributed by atoms with Crippen LogP contribution < -0.4 is 0 Å².